The van der Waals surface area contributed by atoms with Gasteiger partial charge in [-0.15, -0.1) is 0 Å². The van der Waals surface area contributed by atoms with Crippen molar-refractivity contribution in [3.63, 3.8) is 0 Å². The topological polar surface area (TPSA) is 143 Å². The summed E-state index contributed by atoms with van der Waals surface area (Å²) in [5.41, 5.74) is 3.27. The number of sulfone groups is 1. The molecular weight excluding hydrogens is 550 g/mol. The Balaban J connectivity index is 1.46. The van der Waals surface area contributed by atoms with Gasteiger partial charge in [-0.2, -0.15) is 11.3 Å². The highest BCUT2D eigenvalue weighted by Gasteiger charge is 2.26. The molecule has 0 saturated heterocycles. The number of hydrogen-bond donors (Lipinski definition) is 3. The fourth-order valence-corrected chi connectivity index (χ4v) is 5.51. The third-order valence-corrected chi connectivity index (χ3v) is 8.10. The zero-order chi connectivity index (χ0) is 28.3. The monoisotopic (exact) mass is 575 g/mol. The van der Waals surface area contributed by atoms with E-state index in [-0.39, 0.29) is 29.3 Å². The molecule has 2 amide bonds. The van der Waals surface area contributed by atoms with E-state index in [1.54, 1.807) is 59.4 Å². The van der Waals surface area contributed by atoms with Crippen molar-refractivity contribution in [1.82, 2.24) is 25.0 Å². The molecule has 0 aliphatic rings. The van der Waals surface area contributed by atoms with Crippen molar-refractivity contribution in [1.29, 1.82) is 0 Å². The van der Waals surface area contributed by atoms with Gasteiger partial charge in [0.25, 0.3) is 11.8 Å². The van der Waals surface area contributed by atoms with Gasteiger partial charge >= 0.3 is 0 Å². The molecule has 10 nitrogen and oxygen atoms in total. The lowest BCUT2D eigenvalue weighted by Crippen LogP contribution is -2.32. The number of aromatic nitrogens is 3. The Morgan fingerprint density at radius 3 is 2.52 bits per heavy atom. The van der Waals surface area contributed by atoms with Gasteiger partial charge in [0.15, 0.2) is 15.5 Å². The summed E-state index contributed by atoms with van der Waals surface area (Å²) in [5.74, 6) is -0.879. The maximum Gasteiger partial charge on any atom is 0.271 e. The van der Waals surface area contributed by atoms with Crippen LogP contribution in [0.2, 0.25) is 0 Å². The average molecular weight is 576 g/mol. The van der Waals surface area contributed by atoms with Crippen molar-refractivity contribution in [2.75, 3.05) is 12.9 Å². The molecule has 0 radical (unpaired) electrons. The van der Waals surface area contributed by atoms with Gasteiger partial charge in [0, 0.05) is 42.3 Å². The predicted octanol–water partition coefficient (Wildman–Crippen LogP) is 3.25. The van der Waals surface area contributed by atoms with E-state index in [4.69, 9.17) is 4.98 Å². The number of aliphatic hydroxyl groups excluding tert-OH is 1. The third kappa shape index (κ3) is 5.64. The Bertz CT molecular complexity index is 1770. The minimum absolute atomic E-state index is 0.165. The number of carbonyl (C=O) groups excluding carboxylic acids is 2. The minimum atomic E-state index is -3.32. The van der Waals surface area contributed by atoms with Gasteiger partial charge in [0.05, 0.1) is 23.1 Å². The van der Waals surface area contributed by atoms with Crippen molar-refractivity contribution in [2.45, 2.75) is 17.5 Å². The molecule has 5 rings (SSSR count). The van der Waals surface area contributed by atoms with Gasteiger partial charge in [-0.3, -0.25) is 19.0 Å². The van der Waals surface area contributed by atoms with Gasteiger partial charge in [-0.1, -0.05) is 18.2 Å². The number of hydrogen-bond acceptors (Lipinski definition) is 8. The maximum absolute atomic E-state index is 13.6. The number of nitrogens with one attached hydrogen (secondary N) is 2. The molecule has 0 saturated carbocycles. The molecule has 4 aromatic heterocycles. The highest BCUT2D eigenvalue weighted by Crippen LogP contribution is 2.28. The lowest BCUT2D eigenvalue weighted by Gasteiger charge is -2.16. The lowest BCUT2D eigenvalue weighted by molar-refractivity contribution is 0.0908. The number of imidazole rings is 1. The molecule has 5 aromatic rings. The number of amides is 2. The number of thiophene rings is 1. The molecule has 0 fully saturated rings. The molecule has 40 heavy (non-hydrogen) atoms. The van der Waals surface area contributed by atoms with Crippen molar-refractivity contribution in [3.8, 4) is 11.3 Å². The minimum Gasteiger partial charge on any atom is -0.394 e. The zero-order valence-electron chi connectivity index (χ0n) is 21.3. The normalized spacial score (nSPS) is 12.2. The fraction of sp³-hybridized carbons (Fsp3) is 0.143. The molecule has 204 valence electrons. The number of fused-ring (bicyclic) bond motifs is 1. The van der Waals surface area contributed by atoms with E-state index >= 15 is 0 Å². The van der Waals surface area contributed by atoms with Crippen LogP contribution in [0.15, 0.2) is 88.8 Å². The molecule has 0 aliphatic heterocycles. The van der Waals surface area contributed by atoms with Crippen LogP contribution in [-0.2, 0) is 16.4 Å². The molecule has 4 heterocycles. The average Bonchev–Trinajstić information content (AvgIpc) is 3.63. The first kappa shape index (κ1) is 27.2. The van der Waals surface area contributed by atoms with E-state index in [0.717, 1.165) is 17.4 Å². The Hall–Kier alpha value is -4.39. The quantitative estimate of drug-likeness (QED) is 0.245. The van der Waals surface area contributed by atoms with Gasteiger partial charge < -0.3 is 15.7 Å². The molecular formula is C28H25N5O5S2. The molecule has 1 aromatic carbocycles. The summed E-state index contributed by atoms with van der Waals surface area (Å²) in [6.07, 6.45) is 5.98. The fourth-order valence-electron chi connectivity index (χ4n) is 4.24. The summed E-state index contributed by atoms with van der Waals surface area (Å²) >= 11 is 1.45. The summed E-state index contributed by atoms with van der Waals surface area (Å²) in [6.45, 7) is -0.167. The maximum atomic E-state index is 13.6. The standard InChI is InChI=1S/C28H25N5O5S2/c1-40(37,38)21-8-6-18(7-9-21)14-30-27(35)22-5-3-12-33-25(24(32-26(22)33)20-10-13-39-17-20)28(36)31-23(16-34)19-4-2-11-29-15-19/h2-13,15,17,23,34H,14,16H2,1H3,(H,30,35)(H,31,36). The van der Waals surface area contributed by atoms with Crippen LogP contribution in [0.5, 0.6) is 0 Å². The van der Waals surface area contributed by atoms with Crippen LogP contribution in [0.1, 0.15) is 38.0 Å². The molecule has 3 N–H and O–H groups in total. The first-order valence-electron chi connectivity index (χ1n) is 12.2. The van der Waals surface area contributed by atoms with Crippen LogP contribution in [0.4, 0.5) is 0 Å². The second kappa shape index (κ2) is 11.4. The number of benzene rings is 1. The SMILES string of the molecule is CS(=O)(=O)c1ccc(CNC(=O)c2cccn3c(C(=O)NC(CO)c4cccnc4)c(-c4ccsc4)nc23)cc1. The highest BCUT2D eigenvalue weighted by atomic mass is 32.2. The zero-order valence-corrected chi connectivity index (χ0v) is 22.9. The van der Waals surface area contributed by atoms with E-state index in [9.17, 15) is 23.1 Å². The van der Waals surface area contributed by atoms with Gasteiger partial charge in [0.2, 0.25) is 0 Å². The number of carbonyl (C=O) groups is 2. The Labute approximate surface area is 234 Å². The second-order valence-corrected chi connectivity index (χ2v) is 11.8. The van der Waals surface area contributed by atoms with Gasteiger partial charge in [0.1, 0.15) is 11.4 Å². The van der Waals surface area contributed by atoms with Crippen LogP contribution in [0.25, 0.3) is 16.9 Å². The van der Waals surface area contributed by atoms with Gasteiger partial charge in [-0.05, 0) is 52.9 Å². The van der Waals surface area contributed by atoms with Crippen LogP contribution in [-0.4, -0.2) is 52.6 Å². The highest BCUT2D eigenvalue weighted by molar-refractivity contribution is 7.90. The summed E-state index contributed by atoms with van der Waals surface area (Å²) in [6, 6.07) is 14.2. The summed E-state index contributed by atoms with van der Waals surface area (Å²) < 4.78 is 25.0. The molecule has 0 spiro atoms. The molecule has 12 heteroatoms. The second-order valence-electron chi connectivity index (χ2n) is 9.03. The van der Waals surface area contributed by atoms with E-state index in [1.165, 1.54) is 23.5 Å². The van der Waals surface area contributed by atoms with Crippen molar-refractivity contribution in [3.05, 3.63) is 106 Å². The molecule has 1 atom stereocenters. The lowest BCUT2D eigenvalue weighted by atomic mass is 10.1. The van der Waals surface area contributed by atoms with Gasteiger partial charge in [-0.25, -0.2) is 13.4 Å². The number of nitrogens with zero attached hydrogens (tertiary/aromatic N) is 3. The Morgan fingerprint density at radius 1 is 1.07 bits per heavy atom. The van der Waals surface area contributed by atoms with Crippen molar-refractivity contribution in [2.24, 2.45) is 0 Å². The van der Waals surface area contributed by atoms with Crippen molar-refractivity contribution < 1.29 is 23.1 Å². The van der Waals surface area contributed by atoms with E-state index in [2.05, 4.69) is 15.6 Å². The first-order chi connectivity index (χ1) is 19.3. The van der Waals surface area contributed by atoms with E-state index < -0.39 is 27.7 Å². The van der Waals surface area contributed by atoms with E-state index in [1.807, 2.05) is 16.8 Å². The smallest absolute Gasteiger partial charge is 0.271 e. The first-order valence-corrected chi connectivity index (χ1v) is 15.0. The van der Waals surface area contributed by atoms with Crippen molar-refractivity contribution >= 4 is 38.6 Å². The molecule has 0 aliphatic carbocycles. The number of rotatable bonds is 9. The largest absolute Gasteiger partial charge is 0.394 e. The van der Waals surface area contributed by atoms with Crippen LogP contribution < -0.4 is 10.6 Å². The van der Waals surface area contributed by atoms with Crippen LogP contribution in [0.3, 0.4) is 0 Å². The summed E-state index contributed by atoms with van der Waals surface area (Å²) in [5, 5.41) is 19.4. The molecule has 0 bridgehead atoms. The summed E-state index contributed by atoms with van der Waals surface area (Å²) in [7, 11) is -3.32. The predicted molar refractivity (Wildman–Crippen MR) is 151 cm³/mol. The summed E-state index contributed by atoms with van der Waals surface area (Å²) in [4.78, 5) is 35.8. The number of pyridine rings is 2. The third-order valence-electron chi connectivity index (χ3n) is 6.28. The molecule has 1 unspecified atom stereocenters. The van der Waals surface area contributed by atoms with Crippen LogP contribution >= 0.6 is 11.3 Å². The Morgan fingerprint density at radius 2 is 1.88 bits per heavy atom. The van der Waals surface area contributed by atoms with Crippen LogP contribution in [0, 0.1) is 0 Å². The Kier molecular flexibility index (Phi) is 7.74. The van der Waals surface area contributed by atoms with E-state index in [0.29, 0.717) is 16.9 Å². The number of aliphatic hydroxyl groups is 1.